The molecule has 0 saturated carbocycles. The second kappa shape index (κ2) is 8.26. The minimum Gasteiger partial charge on any atom is -0.467 e. The van der Waals surface area contributed by atoms with Gasteiger partial charge in [0.05, 0.1) is 18.8 Å². The number of nitrogens with zero attached hydrogens (tertiary/aromatic N) is 2. The third kappa shape index (κ3) is 3.97. The van der Waals surface area contributed by atoms with Crippen molar-refractivity contribution < 1.29 is 18.7 Å². The molecule has 1 amide bonds. The molecule has 0 unspecified atom stereocenters. The number of hydrogen-bond acceptors (Lipinski definition) is 7. The molecule has 0 aliphatic heterocycles. The summed E-state index contributed by atoms with van der Waals surface area (Å²) in [4.78, 5) is 36.5. The molecule has 27 heavy (non-hydrogen) atoms. The van der Waals surface area contributed by atoms with Crippen LogP contribution in [0.15, 0.2) is 39.7 Å². The van der Waals surface area contributed by atoms with Gasteiger partial charge < -0.3 is 14.5 Å². The number of methoxy groups -OCH3 is 1. The Morgan fingerprint density at radius 3 is 2.85 bits per heavy atom. The minimum atomic E-state index is -0.724. The van der Waals surface area contributed by atoms with Gasteiger partial charge in [-0.05, 0) is 30.6 Å². The summed E-state index contributed by atoms with van der Waals surface area (Å²) < 4.78 is 11.5. The molecule has 3 aromatic rings. The average Bonchev–Trinajstić information content (AvgIpc) is 3.09. The van der Waals surface area contributed by atoms with E-state index < -0.39 is 23.5 Å². The number of benzene rings is 1. The number of carbonyl (C=O) groups is 2. The number of esters is 1. The van der Waals surface area contributed by atoms with Crippen molar-refractivity contribution in [2.24, 2.45) is 0 Å². The first-order valence-electron chi connectivity index (χ1n) is 8.28. The van der Waals surface area contributed by atoms with E-state index in [1.165, 1.54) is 18.0 Å². The van der Waals surface area contributed by atoms with Gasteiger partial charge >= 0.3 is 11.6 Å². The molecule has 0 aliphatic carbocycles. The number of nitrogens with one attached hydrogen (secondary N) is 1. The van der Waals surface area contributed by atoms with Crippen LogP contribution >= 0.6 is 11.8 Å². The summed E-state index contributed by atoms with van der Waals surface area (Å²) >= 11 is 1.57. The normalized spacial score (nSPS) is 12.2. The maximum atomic E-state index is 12.5. The third-order valence-corrected chi connectivity index (χ3v) is 4.77. The summed E-state index contributed by atoms with van der Waals surface area (Å²) in [5.41, 5.74) is 0.433. The van der Waals surface area contributed by atoms with Crippen molar-refractivity contribution in [2.45, 2.75) is 19.0 Å². The molecule has 2 heterocycles. The quantitative estimate of drug-likeness (QED) is 0.483. The monoisotopic (exact) mass is 389 g/mol. The SMILES string of the molecule is COC(=O)[C@H](CCSC)NC(=O)Cn1ncc2c(=O)oc3ccccc3c21. The number of fused-ring (bicyclic) bond motifs is 3. The van der Waals surface area contributed by atoms with Crippen molar-refractivity contribution in [3.05, 3.63) is 40.9 Å². The first-order valence-corrected chi connectivity index (χ1v) is 9.68. The van der Waals surface area contributed by atoms with Gasteiger partial charge in [0.25, 0.3) is 0 Å². The fraction of sp³-hybridized carbons (Fsp3) is 0.333. The van der Waals surface area contributed by atoms with Gasteiger partial charge in [0, 0.05) is 5.39 Å². The van der Waals surface area contributed by atoms with E-state index in [4.69, 9.17) is 9.15 Å². The van der Waals surface area contributed by atoms with Crippen LogP contribution in [0.25, 0.3) is 21.9 Å². The van der Waals surface area contributed by atoms with Crippen LogP contribution in [0, 0.1) is 0 Å². The van der Waals surface area contributed by atoms with Gasteiger partial charge in [-0.15, -0.1) is 0 Å². The molecular weight excluding hydrogens is 370 g/mol. The second-order valence-corrected chi connectivity index (χ2v) is 6.86. The molecule has 1 aromatic carbocycles. The number of carbonyl (C=O) groups excluding carboxylic acids is 2. The molecule has 142 valence electrons. The van der Waals surface area contributed by atoms with Crippen molar-refractivity contribution in [3.8, 4) is 0 Å². The molecule has 0 bridgehead atoms. The first kappa shape index (κ1) is 19.0. The maximum Gasteiger partial charge on any atom is 0.347 e. The molecule has 8 nitrogen and oxygen atoms in total. The lowest BCUT2D eigenvalue weighted by Gasteiger charge is -2.16. The van der Waals surface area contributed by atoms with Gasteiger partial charge in [-0.3, -0.25) is 9.48 Å². The fourth-order valence-corrected chi connectivity index (χ4v) is 3.32. The highest BCUT2D eigenvalue weighted by Gasteiger charge is 2.22. The Morgan fingerprint density at radius 2 is 2.11 bits per heavy atom. The highest BCUT2D eigenvalue weighted by Crippen LogP contribution is 2.22. The molecule has 1 atom stereocenters. The van der Waals surface area contributed by atoms with Crippen LogP contribution < -0.4 is 10.9 Å². The molecule has 2 aromatic heterocycles. The minimum absolute atomic E-state index is 0.135. The summed E-state index contributed by atoms with van der Waals surface area (Å²) in [5.74, 6) is -0.182. The number of rotatable bonds is 7. The van der Waals surface area contributed by atoms with Gasteiger partial charge in [0.2, 0.25) is 5.91 Å². The first-order chi connectivity index (χ1) is 13.0. The molecule has 1 N–H and O–H groups in total. The van der Waals surface area contributed by atoms with Gasteiger partial charge in [0.15, 0.2) is 0 Å². The summed E-state index contributed by atoms with van der Waals surface area (Å²) in [7, 11) is 1.28. The van der Waals surface area contributed by atoms with Gasteiger partial charge in [-0.2, -0.15) is 16.9 Å². The number of ether oxygens (including phenoxy) is 1. The van der Waals surface area contributed by atoms with Crippen LogP contribution in [0.5, 0.6) is 0 Å². The summed E-state index contributed by atoms with van der Waals surface area (Å²) in [6, 6.07) is 6.33. The van der Waals surface area contributed by atoms with E-state index in [0.29, 0.717) is 34.0 Å². The van der Waals surface area contributed by atoms with Crippen LogP contribution in [0.3, 0.4) is 0 Å². The molecule has 0 fully saturated rings. The highest BCUT2D eigenvalue weighted by molar-refractivity contribution is 7.98. The van der Waals surface area contributed by atoms with Crippen molar-refractivity contribution in [1.29, 1.82) is 0 Å². The van der Waals surface area contributed by atoms with E-state index in [2.05, 4.69) is 10.4 Å². The molecule has 9 heteroatoms. The Morgan fingerprint density at radius 1 is 1.33 bits per heavy atom. The standard InChI is InChI=1S/C18H19N3O5S/c1-25-18(24)13(7-8-27-2)20-15(22)10-21-16-11-5-3-4-6-14(11)26-17(23)12(16)9-19-21/h3-6,9,13H,7-8,10H2,1-2H3,(H,20,22)/t13-/m0/s1. The van der Waals surface area contributed by atoms with E-state index in [9.17, 15) is 14.4 Å². The van der Waals surface area contributed by atoms with Gasteiger partial charge in [-0.25, -0.2) is 9.59 Å². The zero-order valence-electron chi connectivity index (χ0n) is 14.9. The molecule has 0 saturated heterocycles. The van der Waals surface area contributed by atoms with Crippen LogP contribution in [0.4, 0.5) is 0 Å². The lowest BCUT2D eigenvalue weighted by atomic mass is 10.2. The highest BCUT2D eigenvalue weighted by atomic mass is 32.2. The fourth-order valence-electron chi connectivity index (χ4n) is 2.85. The van der Waals surface area contributed by atoms with Crippen LogP contribution in [-0.4, -0.2) is 46.8 Å². The molecule has 0 aliphatic rings. The zero-order chi connectivity index (χ0) is 19.4. The smallest absolute Gasteiger partial charge is 0.347 e. The van der Waals surface area contributed by atoms with E-state index in [1.807, 2.05) is 12.3 Å². The largest absolute Gasteiger partial charge is 0.467 e. The summed E-state index contributed by atoms with van der Waals surface area (Å²) in [5, 5.41) is 7.82. The Kier molecular flexibility index (Phi) is 5.80. The Labute approximate surface area is 158 Å². The van der Waals surface area contributed by atoms with Crippen molar-refractivity contribution in [1.82, 2.24) is 15.1 Å². The molecule has 0 radical (unpaired) electrons. The topological polar surface area (TPSA) is 103 Å². The van der Waals surface area contributed by atoms with Crippen molar-refractivity contribution in [3.63, 3.8) is 0 Å². The van der Waals surface area contributed by atoms with E-state index in [0.717, 1.165) is 0 Å². The van der Waals surface area contributed by atoms with E-state index >= 15 is 0 Å². The zero-order valence-corrected chi connectivity index (χ0v) is 15.7. The predicted octanol–water partition coefficient (Wildman–Crippen LogP) is 1.55. The third-order valence-electron chi connectivity index (χ3n) is 4.13. The second-order valence-electron chi connectivity index (χ2n) is 5.87. The lowest BCUT2D eigenvalue weighted by molar-refractivity contribution is -0.145. The Bertz CT molecular complexity index is 1040. The number of thioether (sulfide) groups is 1. The van der Waals surface area contributed by atoms with Crippen LogP contribution in [0.1, 0.15) is 6.42 Å². The average molecular weight is 389 g/mol. The molecule has 0 spiro atoms. The van der Waals surface area contributed by atoms with Crippen LogP contribution in [-0.2, 0) is 20.9 Å². The van der Waals surface area contributed by atoms with E-state index in [-0.39, 0.29) is 6.54 Å². The van der Waals surface area contributed by atoms with E-state index in [1.54, 1.807) is 30.0 Å². The summed E-state index contributed by atoms with van der Waals surface area (Å²) in [6.07, 6.45) is 3.76. The van der Waals surface area contributed by atoms with Gasteiger partial charge in [0.1, 0.15) is 23.6 Å². The summed E-state index contributed by atoms with van der Waals surface area (Å²) in [6.45, 7) is -0.135. The molecular formula is C18H19N3O5S. The Hall–Kier alpha value is -2.81. The predicted molar refractivity (Wildman–Crippen MR) is 103 cm³/mol. The number of hydrogen-bond donors (Lipinski definition) is 1. The van der Waals surface area contributed by atoms with Crippen molar-refractivity contribution >= 4 is 45.5 Å². The van der Waals surface area contributed by atoms with Gasteiger partial charge in [-0.1, -0.05) is 12.1 Å². The molecule has 3 rings (SSSR count). The number of para-hydroxylation sites is 1. The lowest BCUT2D eigenvalue weighted by Crippen LogP contribution is -2.43. The van der Waals surface area contributed by atoms with Crippen molar-refractivity contribution in [2.75, 3.05) is 19.1 Å². The Balaban J connectivity index is 1.89. The maximum absolute atomic E-state index is 12.5. The number of amides is 1. The van der Waals surface area contributed by atoms with Crippen LogP contribution in [0.2, 0.25) is 0 Å². The number of aromatic nitrogens is 2.